The van der Waals surface area contributed by atoms with E-state index in [1.807, 2.05) is 43.3 Å². The van der Waals surface area contributed by atoms with Crippen LogP contribution in [0.3, 0.4) is 0 Å². The van der Waals surface area contributed by atoms with Crippen LogP contribution in [0.4, 0.5) is 0 Å². The van der Waals surface area contributed by atoms with E-state index in [1.165, 1.54) is 4.90 Å². The number of halogens is 1. The number of nitrogens with zero attached hydrogens (tertiary/aromatic N) is 1. The van der Waals surface area contributed by atoms with Crippen LogP contribution in [-0.2, 0) is 22.6 Å². The largest absolute Gasteiger partial charge is 0.490 e. The van der Waals surface area contributed by atoms with Gasteiger partial charge in [0.15, 0.2) is 11.5 Å². The van der Waals surface area contributed by atoms with Crippen molar-refractivity contribution in [1.29, 1.82) is 0 Å². The van der Waals surface area contributed by atoms with Gasteiger partial charge in [0.1, 0.15) is 10.9 Å². The predicted molar refractivity (Wildman–Crippen MR) is 139 cm³/mol. The van der Waals surface area contributed by atoms with Gasteiger partial charge >= 0.3 is 5.97 Å². The molecule has 34 heavy (non-hydrogen) atoms. The Hall–Kier alpha value is -2.81. The van der Waals surface area contributed by atoms with E-state index < -0.39 is 5.97 Å². The van der Waals surface area contributed by atoms with Crippen LogP contribution in [0.1, 0.15) is 30.0 Å². The number of thioether (sulfide) groups is 1. The predicted octanol–water partition coefficient (Wildman–Crippen LogP) is 5.72. The molecule has 0 unspecified atom stereocenters. The summed E-state index contributed by atoms with van der Waals surface area (Å²) in [5.74, 6) is -0.159. The van der Waals surface area contributed by atoms with Gasteiger partial charge in [0, 0.05) is 22.7 Å². The van der Waals surface area contributed by atoms with Gasteiger partial charge in [-0.2, -0.15) is 0 Å². The summed E-state index contributed by atoms with van der Waals surface area (Å²) in [6.45, 7) is 6.46. The zero-order valence-electron chi connectivity index (χ0n) is 18.6. The van der Waals surface area contributed by atoms with E-state index in [0.29, 0.717) is 38.8 Å². The molecule has 0 radical (unpaired) electrons. The third-order valence-electron chi connectivity index (χ3n) is 4.87. The average Bonchev–Trinajstić information content (AvgIpc) is 3.05. The molecule has 0 aliphatic carbocycles. The lowest BCUT2D eigenvalue weighted by Gasteiger charge is -2.17. The third kappa shape index (κ3) is 6.40. The Labute approximate surface area is 213 Å². The van der Waals surface area contributed by atoms with E-state index in [-0.39, 0.29) is 25.5 Å². The van der Waals surface area contributed by atoms with Crippen molar-refractivity contribution in [3.05, 3.63) is 75.7 Å². The van der Waals surface area contributed by atoms with Gasteiger partial charge in [0.05, 0.1) is 17.9 Å². The molecule has 0 aromatic heterocycles. The fourth-order valence-electron chi connectivity index (χ4n) is 3.32. The molecule has 1 N–H and O–H groups in total. The monoisotopic (exact) mass is 517 g/mol. The minimum Gasteiger partial charge on any atom is -0.490 e. The van der Waals surface area contributed by atoms with Gasteiger partial charge in [-0.1, -0.05) is 59.9 Å². The van der Waals surface area contributed by atoms with Crippen molar-refractivity contribution in [2.75, 3.05) is 13.2 Å². The maximum atomic E-state index is 12.8. The van der Waals surface area contributed by atoms with E-state index in [0.717, 1.165) is 28.5 Å². The number of hydrogen-bond donors (Lipinski definition) is 1. The number of amides is 1. The molecule has 1 saturated heterocycles. The Morgan fingerprint density at radius 2 is 2.03 bits per heavy atom. The van der Waals surface area contributed by atoms with E-state index >= 15 is 0 Å². The molecule has 2 aromatic carbocycles. The summed E-state index contributed by atoms with van der Waals surface area (Å²) in [5.41, 5.74) is 2.44. The molecule has 1 fully saturated rings. The molecule has 9 heteroatoms. The molecule has 1 heterocycles. The second-order valence-electron chi connectivity index (χ2n) is 7.29. The summed E-state index contributed by atoms with van der Waals surface area (Å²) in [5, 5.41) is 9.54. The summed E-state index contributed by atoms with van der Waals surface area (Å²) < 4.78 is 12.3. The van der Waals surface area contributed by atoms with Crippen molar-refractivity contribution < 1.29 is 24.2 Å². The summed E-state index contributed by atoms with van der Waals surface area (Å²) in [6.07, 6.45) is 3.85. The van der Waals surface area contributed by atoms with Crippen LogP contribution in [0.15, 0.2) is 54.0 Å². The molecule has 0 spiro atoms. The summed E-state index contributed by atoms with van der Waals surface area (Å²) >= 11 is 12.7. The third-order valence-corrected chi connectivity index (χ3v) is 6.62. The highest BCUT2D eigenvalue weighted by molar-refractivity contribution is 8.26. The van der Waals surface area contributed by atoms with Crippen LogP contribution in [0.5, 0.6) is 11.5 Å². The normalized spacial score (nSPS) is 14.5. The Morgan fingerprint density at radius 1 is 1.26 bits per heavy atom. The summed E-state index contributed by atoms with van der Waals surface area (Å²) in [4.78, 5) is 25.4. The molecule has 1 aliphatic rings. The van der Waals surface area contributed by atoms with Crippen LogP contribution < -0.4 is 9.47 Å². The van der Waals surface area contributed by atoms with Crippen LogP contribution in [0, 0.1) is 0 Å². The number of carboxylic acid groups (broad SMARTS) is 1. The first kappa shape index (κ1) is 25.8. The van der Waals surface area contributed by atoms with Crippen molar-refractivity contribution in [2.24, 2.45) is 0 Å². The molecule has 0 saturated carbocycles. The van der Waals surface area contributed by atoms with Gasteiger partial charge in [-0.25, -0.2) is 0 Å². The van der Waals surface area contributed by atoms with Gasteiger partial charge in [-0.3, -0.25) is 14.5 Å². The number of aliphatic carboxylic acids is 1. The van der Waals surface area contributed by atoms with Gasteiger partial charge < -0.3 is 14.6 Å². The molecular formula is C25H24ClNO5S2. The highest BCUT2D eigenvalue weighted by Gasteiger charge is 2.32. The number of carbonyl (C=O) groups is 2. The zero-order chi connectivity index (χ0) is 24.7. The number of ether oxygens (including phenoxy) is 2. The Balaban J connectivity index is 1.92. The fraction of sp³-hybridized carbons (Fsp3) is 0.240. The first-order valence-corrected chi connectivity index (χ1v) is 12.2. The standard InChI is InChI=1S/C25H24ClNO5S2/c1-3-7-17-12-16(14-21-24(30)27(25(33)34-21)11-10-22(28)29)13-20(31-4-2)23(17)32-15-18-8-5-6-9-19(18)26/h3,5-6,8-9,12-14H,1,4,7,10-11,15H2,2H3,(H,28,29)/b21-14+. The van der Waals surface area contributed by atoms with Gasteiger partial charge in [0.2, 0.25) is 0 Å². The number of rotatable bonds is 11. The maximum Gasteiger partial charge on any atom is 0.305 e. The molecule has 178 valence electrons. The minimum atomic E-state index is -0.985. The minimum absolute atomic E-state index is 0.0398. The van der Waals surface area contributed by atoms with Crippen molar-refractivity contribution in [3.8, 4) is 11.5 Å². The molecular weight excluding hydrogens is 494 g/mol. The summed E-state index contributed by atoms with van der Waals surface area (Å²) in [6, 6.07) is 11.2. The molecule has 0 atom stereocenters. The molecule has 6 nitrogen and oxygen atoms in total. The quantitative estimate of drug-likeness (QED) is 0.232. The second-order valence-corrected chi connectivity index (χ2v) is 9.37. The highest BCUT2D eigenvalue weighted by Crippen LogP contribution is 2.38. The SMILES string of the molecule is C=CCc1cc(/C=C2/SC(=S)N(CCC(=O)O)C2=O)cc(OCC)c1OCc1ccccc1Cl. The van der Waals surface area contributed by atoms with Crippen LogP contribution >= 0.6 is 35.6 Å². The van der Waals surface area contributed by atoms with Gasteiger partial charge in [-0.05, 0) is 43.2 Å². The Morgan fingerprint density at radius 3 is 2.71 bits per heavy atom. The van der Waals surface area contributed by atoms with Crippen molar-refractivity contribution in [1.82, 2.24) is 4.90 Å². The van der Waals surface area contributed by atoms with E-state index in [9.17, 15) is 9.59 Å². The Bertz CT molecular complexity index is 1150. The number of allylic oxidation sites excluding steroid dienone is 1. The van der Waals surface area contributed by atoms with Gasteiger partial charge in [0.25, 0.3) is 5.91 Å². The molecule has 0 bridgehead atoms. The highest BCUT2D eigenvalue weighted by atomic mass is 35.5. The van der Waals surface area contributed by atoms with E-state index in [4.69, 9.17) is 38.4 Å². The van der Waals surface area contributed by atoms with Gasteiger partial charge in [-0.15, -0.1) is 6.58 Å². The number of carboxylic acids is 1. The summed E-state index contributed by atoms with van der Waals surface area (Å²) in [7, 11) is 0. The van der Waals surface area contributed by atoms with Crippen LogP contribution in [-0.4, -0.2) is 39.4 Å². The lowest BCUT2D eigenvalue weighted by Crippen LogP contribution is -2.30. The van der Waals surface area contributed by atoms with Crippen molar-refractivity contribution >= 4 is 57.9 Å². The van der Waals surface area contributed by atoms with Crippen LogP contribution in [0.25, 0.3) is 6.08 Å². The average molecular weight is 518 g/mol. The maximum absolute atomic E-state index is 12.8. The lowest BCUT2D eigenvalue weighted by atomic mass is 10.0. The smallest absolute Gasteiger partial charge is 0.305 e. The topological polar surface area (TPSA) is 76.1 Å². The molecule has 2 aromatic rings. The number of carbonyl (C=O) groups excluding carboxylic acids is 1. The molecule has 3 rings (SSSR count). The van der Waals surface area contributed by atoms with E-state index in [1.54, 1.807) is 12.2 Å². The van der Waals surface area contributed by atoms with Crippen molar-refractivity contribution in [3.63, 3.8) is 0 Å². The first-order valence-electron chi connectivity index (χ1n) is 10.6. The van der Waals surface area contributed by atoms with E-state index in [2.05, 4.69) is 6.58 Å². The van der Waals surface area contributed by atoms with Crippen molar-refractivity contribution in [2.45, 2.75) is 26.4 Å². The number of hydrogen-bond acceptors (Lipinski definition) is 6. The molecule has 1 amide bonds. The number of thiocarbonyl (C=S) groups is 1. The number of benzene rings is 2. The van der Waals surface area contributed by atoms with Crippen LogP contribution in [0.2, 0.25) is 5.02 Å². The first-order chi connectivity index (χ1) is 16.3. The lowest BCUT2D eigenvalue weighted by molar-refractivity contribution is -0.137. The zero-order valence-corrected chi connectivity index (χ0v) is 21.0. The fourth-order valence-corrected chi connectivity index (χ4v) is 4.82. The Kier molecular flexibility index (Phi) is 9.15. The second kappa shape index (κ2) is 12.1. The molecule has 1 aliphatic heterocycles.